The molecule has 0 bridgehead atoms. The van der Waals surface area contributed by atoms with E-state index in [1.165, 1.54) is 52.9 Å². The van der Waals surface area contributed by atoms with Gasteiger partial charge in [0.25, 0.3) is 5.56 Å². The molecule has 6 nitrogen and oxygen atoms in total. The SMILES string of the molecule is CCS(=O)(=O)Cc1cc(-c2cn(C)c(=O)cc2[C@H](C)NSC(C)(C)C)c(C(=O)c2ccc(F)cc2)cc1Cl. The van der Waals surface area contributed by atoms with E-state index in [9.17, 15) is 22.4 Å². The number of ketones is 1. The Bertz CT molecular complexity index is 1510. The van der Waals surface area contributed by atoms with Gasteiger partial charge in [0, 0.05) is 57.6 Å². The van der Waals surface area contributed by atoms with Crippen LogP contribution in [-0.2, 0) is 22.6 Å². The Morgan fingerprint density at radius 2 is 1.76 bits per heavy atom. The van der Waals surface area contributed by atoms with Gasteiger partial charge in [-0.3, -0.25) is 14.3 Å². The Balaban J connectivity index is 2.30. The van der Waals surface area contributed by atoms with Crippen molar-refractivity contribution in [3.05, 3.63) is 92.1 Å². The third-order valence-corrected chi connectivity index (χ3v) is 8.98. The Labute approximate surface area is 232 Å². The van der Waals surface area contributed by atoms with Gasteiger partial charge in [0.15, 0.2) is 15.6 Å². The van der Waals surface area contributed by atoms with Crippen LogP contribution in [0.25, 0.3) is 11.1 Å². The van der Waals surface area contributed by atoms with Gasteiger partial charge < -0.3 is 4.57 Å². The van der Waals surface area contributed by atoms with Crippen molar-refractivity contribution in [2.75, 3.05) is 5.75 Å². The standard InChI is InChI=1S/C28H32ClFN2O4S2/c1-7-38(35,36)16-19-12-22(23(13-25(19)29)27(34)18-8-10-20(30)11-9-18)24-15-32(6)26(33)14-21(24)17(2)31-37-28(3,4)5/h8-15,17,31H,7,16H2,1-6H3/t17-/m0/s1. The third kappa shape index (κ3) is 7.34. The highest BCUT2D eigenvalue weighted by Gasteiger charge is 2.24. The number of aromatic nitrogens is 1. The van der Waals surface area contributed by atoms with Crippen LogP contribution >= 0.6 is 23.5 Å². The topological polar surface area (TPSA) is 85.2 Å². The van der Waals surface area contributed by atoms with Crippen LogP contribution in [0.4, 0.5) is 4.39 Å². The molecule has 0 saturated heterocycles. The first-order valence-corrected chi connectivity index (χ1v) is 15.1. The molecule has 0 radical (unpaired) electrons. The van der Waals surface area contributed by atoms with Gasteiger partial charge in [-0.2, -0.15) is 0 Å². The summed E-state index contributed by atoms with van der Waals surface area (Å²) in [7, 11) is -1.82. The molecule has 38 heavy (non-hydrogen) atoms. The predicted molar refractivity (Wildman–Crippen MR) is 154 cm³/mol. The maximum atomic E-state index is 13.7. The molecule has 2 aromatic carbocycles. The van der Waals surface area contributed by atoms with Gasteiger partial charge in [0.05, 0.1) is 5.75 Å². The van der Waals surface area contributed by atoms with E-state index in [4.69, 9.17) is 11.6 Å². The van der Waals surface area contributed by atoms with E-state index >= 15 is 0 Å². The van der Waals surface area contributed by atoms with Crippen molar-refractivity contribution < 1.29 is 17.6 Å². The summed E-state index contributed by atoms with van der Waals surface area (Å²) in [6.07, 6.45) is 1.64. The number of nitrogens with zero attached hydrogens (tertiary/aromatic N) is 1. The zero-order valence-corrected chi connectivity index (χ0v) is 24.7. The molecule has 3 aromatic rings. The summed E-state index contributed by atoms with van der Waals surface area (Å²) in [6, 6.07) is 9.45. The van der Waals surface area contributed by atoms with Crippen LogP contribution in [0.5, 0.6) is 0 Å². The number of rotatable bonds is 9. The fourth-order valence-corrected chi connectivity index (χ4v) is 5.68. The van der Waals surface area contributed by atoms with Gasteiger partial charge in [-0.1, -0.05) is 30.5 Å². The van der Waals surface area contributed by atoms with E-state index in [1.54, 1.807) is 26.2 Å². The van der Waals surface area contributed by atoms with Crippen LogP contribution in [0.15, 0.2) is 53.5 Å². The van der Waals surface area contributed by atoms with Crippen LogP contribution in [0.3, 0.4) is 0 Å². The number of hydrogen-bond acceptors (Lipinski definition) is 6. The Kier molecular flexibility index (Phi) is 9.29. The summed E-state index contributed by atoms with van der Waals surface area (Å²) in [4.78, 5) is 26.3. The molecule has 1 aromatic heterocycles. The second kappa shape index (κ2) is 11.7. The lowest BCUT2D eigenvalue weighted by molar-refractivity contribution is 0.103. The summed E-state index contributed by atoms with van der Waals surface area (Å²) < 4.78 is 43.2. The van der Waals surface area contributed by atoms with Crippen molar-refractivity contribution in [1.82, 2.24) is 9.29 Å². The van der Waals surface area contributed by atoms with Gasteiger partial charge in [-0.05, 0) is 80.8 Å². The molecule has 0 aliphatic heterocycles. The summed E-state index contributed by atoms with van der Waals surface area (Å²) >= 11 is 8.03. The molecular weight excluding hydrogens is 547 g/mol. The third-order valence-electron chi connectivity index (χ3n) is 5.91. The van der Waals surface area contributed by atoms with Gasteiger partial charge in [0.1, 0.15) is 5.82 Å². The fourth-order valence-electron chi connectivity index (χ4n) is 3.79. The molecule has 0 amide bonds. The summed E-state index contributed by atoms with van der Waals surface area (Å²) in [5.41, 5.74) is 2.25. The van der Waals surface area contributed by atoms with Crippen LogP contribution < -0.4 is 10.3 Å². The quantitative estimate of drug-likeness (QED) is 0.244. The van der Waals surface area contributed by atoms with E-state index in [0.717, 1.165) is 0 Å². The molecule has 204 valence electrons. The van der Waals surface area contributed by atoms with Gasteiger partial charge in [0.2, 0.25) is 0 Å². The van der Waals surface area contributed by atoms with E-state index < -0.39 is 21.4 Å². The molecule has 3 rings (SSSR count). The first kappa shape index (κ1) is 30.1. The van der Waals surface area contributed by atoms with Crippen molar-refractivity contribution in [3.63, 3.8) is 0 Å². The average molecular weight is 579 g/mol. The highest BCUT2D eigenvalue weighted by atomic mass is 35.5. The van der Waals surface area contributed by atoms with Crippen molar-refractivity contribution >= 4 is 39.2 Å². The number of halogens is 2. The fraction of sp³-hybridized carbons (Fsp3) is 0.357. The number of pyridine rings is 1. The summed E-state index contributed by atoms with van der Waals surface area (Å²) in [6.45, 7) is 9.64. The van der Waals surface area contributed by atoms with Crippen LogP contribution in [-0.4, -0.2) is 29.3 Å². The van der Waals surface area contributed by atoms with Crippen molar-refractivity contribution in [2.45, 2.75) is 51.2 Å². The maximum Gasteiger partial charge on any atom is 0.250 e. The number of carbonyl (C=O) groups is 1. The second-order valence-corrected chi connectivity index (χ2v) is 14.6. The second-order valence-electron chi connectivity index (χ2n) is 10.1. The number of sulfone groups is 1. The number of carbonyl (C=O) groups excluding carboxylic acids is 1. The van der Waals surface area contributed by atoms with Crippen molar-refractivity contribution in [2.24, 2.45) is 7.05 Å². The minimum Gasteiger partial charge on any atom is -0.318 e. The van der Waals surface area contributed by atoms with Crippen molar-refractivity contribution in [1.29, 1.82) is 0 Å². The normalized spacial score (nSPS) is 12.9. The minimum atomic E-state index is -3.43. The van der Waals surface area contributed by atoms with Crippen LogP contribution in [0.2, 0.25) is 5.02 Å². The lowest BCUT2D eigenvalue weighted by atomic mass is 9.89. The first-order valence-electron chi connectivity index (χ1n) is 12.1. The highest BCUT2D eigenvalue weighted by molar-refractivity contribution is 7.98. The lowest BCUT2D eigenvalue weighted by Crippen LogP contribution is -2.24. The molecule has 10 heteroatoms. The number of benzene rings is 2. The first-order chi connectivity index (χ1) is 17.6. The van der Waals surface area contributed by atoms with E-state index in [0.29, 0.717) is 22.3 Å². The largest absolute Gasteiger partial charge is 0.318 e. The van der Waals surface area contributed by atoms with Crippen LogP contribution in [0.1, 0.15) is 67.7 Å². The number of hydrogen-bond donors (Lipinski definition) is 1. The van der Waals surface area contributed by atoms with Crippen LogP contribution in [0, 0.1) is 5.82 Å². The molecule has 1 N–H and O–H groups in total. The van der Waals surface area contributed by atoms with Gasteiger partial charge in [-0.15, -0.1) is 0 Å². The van der Waals surface area contributed by atoms with Crippen molar-refractivity contribution in [3.8, 4) is 11.1 Å². The number of aryl methyl sites for hydroxylation is 1. The van der Waals surface area contributed by atoms with E-state index in [-0.39, 0.29) is 44.0 Å². The summed E-state index contributed by atoms with van der Waals surface area (Å²) in [5.74, 6) is -1.24. The predicted octanol–water partition coefficient (Wildman–Crippen LogP) is 6.11. The molecular formula is C28H32ClFN2O4S2. The average Bonchev–Trinajstić information content (AvgIpc) is 2.84. The Morgan fingerprint density at radius 1 is 1.13 bits per heavy atom. The van der Waals surface area contributed by atoms with Gasteiger partial charge in [-0.25, -0.2) is 12.8 Å². The molecule has 1 atom stereocenters. The lowest BCUT2D eigenvalue weighted by Gasteiger charge is -2.24. The molecule has 0 unspecified atom stereocenters. The molecule has 0 aliphatic carbocycles. The van der Waals surface area contributed by atoms with Gasteiger partial charge >= 0.3 is 0 Å². The van der Waals surface area contributed by atoms with E-state index in [1.807, 2.05) is 6.92 Å². The summed E-state index contributed by atoms with van der Waals surface area (Å²) in [5, 5.41) is 0.136. The highest BCUT2D eigenvalue weighted by Crippen LogP contribution is 2.36. The zero-order chi connectivity index (χ0) is 28.4. The Morgan fingerprint density at radius 3 is 2.34 bits per heavy atom. The molecule has 0 saturated carbocycles. The minimum absolute atomic E-state index is 0.0645. The molecule has 0 spiro atoms. The molecule has 1 heterocycles. The smallest absolute Gasteiger partial charge is 0.250 e. The Hall–Kier alpha value is -2.46. The molecule has 0 fully saturated rings. The monoisotopic (exact) mass is 578 g/mol. The molecule has 0 aliphatic rings. The van der Waals surface area contributed by atoms with E-state index in [2.05, 4.69) is 25.5 Å². The zero-order valence-electron chi connectivity index (χ0n) is 22.3. The number of nitrogens with one attached hydrogen (secondary N) is 1. The maximum absolute atomic E-state index is 13.7.